The Balaban J connectivity index is 2.19. The molecule has 2 N–H and O–H groups in total. The number of hydrogen-bond donors (Lipinski definition) is 1. The molecule has 0 radical (unpaired) electrons. The second-order valence-corrected chi connectivity index (χ2v) is 7.37. The van der Waals surface area contributed by atoms with Crippen LogP contribution in [-0.2, 0) is 21.7 Å². The third kappa shape index (κ3) is 1.47. The lowest BCUT2D eigenvalue weighted by Gasteiger charge is -2.22. The van der Waals surface area contributed by atoms with E-state index in [0.29, 0.717) is 11.3 Å². The van der Waals surface area contributed by atoms with Crippen LogP contribution in [0, 0.1) is 0 Å². The number of nitrogens with two attached hydrogens (primary N) is 1. The number of fused-ring (bicyclic) bond motifs is 1. The van der Waals surface area contributed by atoms with Crippen molar-refractivity contribution in [3.63, 3.8) is 0 Å². The van der Waals surface area contributed by atoms with E-state index < -0.39 is 9.84 Å². The van der Waals surface area contributed by atoms with E-state index in [2.05, 4.69) is 6.07 Å². The number of hydrogen-bond acceptors (Lipinski definition) is 3. The summed E-state index contributed by atoms with van der Waals surface area (Å²) >= 11 is 0. The fourth-order valence-corrected chi connectivity index (χ4v) is 4.60. The van der Waals surface area contributed by atoms with Crippen molar-refractivity contribution in [1.29, 1.82) is 0 Å². The third-order valence-corrected chi connectivity index (χ3v) is 6.08. The van der Waals surface area contributed by atoms with Crippen LogP contribution in [0.4, 0.5) is 0 Å². The van der Waals surface area contributed by atoms with Gasteiger partial charge in [0.1, 0.15) is 0 Å². The largest absolute Gasteiger partial charge is 0.327 e. The Hall–Kier alpha value is -0.870. The average molecular weight is 251 g/mol. The van der Waals surface area contributed by atoms with Gasteiger partial charge in [-0.2, -0.15) is 0 Å². The molecule has 1 aliphatic heterocycles. The van der Waals surface area contributed by atoms with Crippen molar-refractivity contribution in [2.45, 2.75) is 42.5 Å². The summed E-state index contributed by atoms with van der Waals surface area (Å²) in [5.41, 5.74) is 8.34. The van der Waals surface area contributed by atoms with Crippen molar-refractivity contribution in [3.8, 4) is 0 Å². The molecule has 1 aromatic carbocycles. The molecule has 0 aromatic heterocycles. The van der Waals surface area contributed by atoms with E-state index in [4.69, 9.17) is 5.73 Å². The first-order valence-corrected chi connectivity index (χ1v) is 7.73. The molecule has 1 fully saturated rings. The third-order valence-electron chi connectivity index (χ3n) is 4.29. The lowest BCUT2D eigenvalue weighted by Crippen LogP contribution is -2.32. The summed E-state index contributed by atoms with van der Waals surface area (Å²) in [5, 5.41) is 0. The van der Waals surface area contributed by atoms with Crippen LogP contribution in [0.15, 0.2) is 23.1 Å². The SMILES string of the molecule is CC(N)C1(c2cccc3c2CCS3(=O)=O)CC1. The smallest absolute Gasteiger partial charge is 0.178 e. The fraction of sp³-hybridized carbons (Fsp3) is 0.538. The zero-order valence-corrected chi connectivity index (χ0v) is 10.8. The molecule has 4 heteroatoms. The molecule has 1 atom stereocenters. The minimum Gasteiger partial charge on any atom is -0.327 e. The van der Waals surface area contributed by atoms with Gasteiger partial charge in [-0.15, -0.1) is 0 Å². The van der Waals surface area contributed by atoms with E-state index in [-0.39, 0.29) is 17.2 Å². The molecule has 1 saturated carbocycles. The summed E-state index contributed by atoms with van der Waals surface area (Å²) in [7, 11) is -3.03. The molecular weight excluding hydrogens is 234 g/mol. The van der Waals surface area contributed by atoms with E-state index >= 15 is 0 Å². The molecule has 0 spiro atoms. The molecule has 17 heavy (non-hydrogen) atoms. The molecule has 0 saturated heterocycles. The van der Waals surface area contributed by atoms with Gasteiger partial charge in [-0.3, -0.25) is 0 Å². The summed E-state index contributed by atoms with van der Waals surface area (Å²) in [6, 6.07) is 5.76. The van der Waals surface area contributed by atoms with Crippen LogP contribution < -0.4 is 5.73 Å². The van der Waals surface area contributed by atoms with E-state index in [0.717, 1.165) is 18.4 Å². The standard InChI is InChI=1S/C13H17NO2S/c1-9(14)13(6-7-13)11-3-2-4-12-10(11)5-8-17(12,15)16/h2-4,9H,5-8,14H2,1H3. The summed E-state index contributed by atoms with van der Waals surface area (Å²) in [4.78, 5) is 0.543. The van der Waals surface area contributed by atoms with Crippen LogP contribution in [0.5, 0.6) is 0 Å². The lowest BCUT2D eigenvalue weighted by atomic mass is 9.85. The lowest BCUT2D eigenvalue weighted by molar-refractivity contribution is 0.551. The van der Waals surface area contributed by atoms with Crippen molar-refractivity contribution < 1.29 is 8.42 Å². The van der Waals surface area contributed by atoms with Crippen LogP contribution in [0.3, 0.4) is 0 Å². The molecule has 1 aromatic rings. The molecule has 1 unspecified atom stereocenters. The summed E-state index contributed by atoms with van der Waals surface area (Å²) in [6.45, 7) is 2.02. The van der Waals surface area contributed by atoms with Crippen molar-refractivity contribution in [3.05, 3.63) is 29.3 Å². The number of sulfone groups is 1. The molecule has 3 nitrogen and oxygen atoms in total. The minimum absolute atomic E-state index is 0.0468. The van der Waals surface area contributed by atoms with Crippen molar-refractivity contribution in [2.24, 2.45) is 5.73 Å². The number of benzene rings is 1. The van der Waals surface area contributed by atoms with Crippen molar-refractivity contribution in [1.82, 2.24) is 0 Å². The summed E-state index contributed by atoms with van der Waals surface area (Å²) in [5.74, 6) is 0.258. The monoisotopic (exact) mass is 251 g/mol. The predicted molar refractivity (Wildman–Crippen MR) is 66.8 cm³/mol. The second-order valence-electron chi connectivity index (χ2n) is 5.30. The average Bonchev–Trinajstić information content (AvgIpc) is 3.02. The molecular formula is C13H17NO2S. The maximum absolute atomic E-state index is 11.9. The fourth-order valence-electron chi connectivity index (χ4n) is 3.03. The highest BCUT2D eigenvalue weighted by molar-refractivity contribution is 7.91. The summed E-state index contributed by atoms with van der Waals surface area (Å²) in [6.07, 6.45) is 2.82. The van der Waals surface area contributed by atoms with Gasteiger partial charge in [0.05, 0.1) is 10.6 Å². The number of rotatable bonds is 2. The van der Waals surface area contributed by atoms with Gasteiger partial charge in [-0.1, -0.05) is 12.1 Å². The minimum atomic E-state index is -3.03. The predicted octanol–water partition coefficient (Wildman–Crippen LogP) is 1.40. The van der Waals surface area contributed by atoms with Crippen LogP contribution in [0.25, 0.3) is 0 Å². The van der Waals surface area contributed by atoms with E-state index in [9.17, 15) is 8.42 Å². The van der Waals surface area contributed by atoms with Gasteiger partial charge in [0.15, 0.2) is 9.84 Å². The first-order valence-electron chi connectivity index (χ1n) is 6.08. The highest BCUT2D eigenvalue weighted by atomic mass is 32.2. The zero-order chi connectivity index (χ0) is 12.3. The van der Waals surface area contributed by atoms with E-state index in [1.807, 2.05) is 13.0 Å². The second kappa shape index (κ2) is 3.33. The van der Waals surface area contributed by atoms with Gasteiger partial charge in [-0.25, -0.2) is 8.42 Å². The molecule has 1 aliphatic carbocycles. The van der Waals surface area contributed by atoms with Crippen LogP contribution in [0.2, 0.25) is 0 Å². The van der Waals surface area contributed by atoms with E-state index in [1.54, 1.807) is 6.07 Å². The van der Waals surface area contributed by atoms with Crippen LogP contribution in [0.1, 0.15) is 30.9 Å². The van der Waals surface area contributed by atoms with Gasteiger partial charge in [0.2, 0.25) is 0 Å². The molecule has 92 valence electrons. The quantitative estimate of drug-likeness (QED) is 0.864. The van der Waals surface area contributed by atoms with Gasteiger partial charge in [-0.05, 0) is 43.4 Å². The van der Waals surface area contributed by atoms with Gasteiger partial charge < -0.3 is 5.73 Å². The van der Waals surface area contributed by atoms with Gasteiger partial charge in [0.25, 0.3) is 0 Å². The Labute approximate surface area is 102 Å². The molecule has 0 bridgehead atoms. The van der Waals surface area contributed by atoms with Crippen LogP contribution >= 0.6 is 0 Å². The Kier molecular flexibility index (Phi) is 2.20. The molecule has 2 aliphatic rings. The Bertz CT molecular complexity index is 571. The highest BCUT2D eigenvalue weighted by Crippen LogP contribution is 2.52. The maximum Gasteiger partial charge on any atom is 0.178 e. The maximum atomic E-state index is 11.9. The van der Waals surface area contributed by atoms with E-state index in [1.165, 1.54) is 5.56 Å². The molecule has 3 rings (SSSR count). The highest BCUT2D eigenvalue weighted by Gasteiger charge is 2.49. The first-order chi connectivity index (χ1) is 7.97. The molecule has 1 heterocycles. The Morgan fingerprint density at radius 2 is 2.06 bits per heavy atom. The normalized spacial score (nSPS) is 25.3. The Morgan fingerprint density at radius 3 is 2.65 bits per heavy atom. The Morgan fingerprint density at radius 1 is 1.35 bits per heavy atom. The van der Waals surface area contributed by atoms with Gasteiger partial charge in [0, 0.05) is 11.5 Å². The zero-order valence-electron chi connectivity index (χ0n) is 9.94. The van der Waals surface area contributed by atoms with Crippen molar-refractivity contribution in [2.75, 3.05) is 5.75 Å². The topological polar surface area (TPSA) is 60.2 Å². The van der Waals surface area contributed by atoms with Crippen molar-refractivity contribution >= 4 is 9.84 Å². The summed E-state index contributed by atoms with van der Waals surface area (Å²) < 4.78 is 23.8. The molecule has 0 amide bonds. The van der Waals surface area contributed by atoms with Gasteiger partial charge >= 0.3 is 0 Å². The van der Waals surface area contributed by atoms with Crippen LogP contribution in [-0.4, -0.2) is 20.2 Å². The first kappa shape index (κ1) is 11.2.